The summed E-state index contributed by atoms with van der Waals surface area (Å²) in [5.41, 5.74) is 0. The number of rotatable bonds is 16. The molecule has 3 amide bonds. The van der Waals surface area contributed by atoms with E-state index in [2.05, 4.69) is 73.0 Å². The average Bonchev–Trinajstić information content (AvgIpc) is 3.11. The van der Waals surface area contributed by atoms with Crippen LogP contribution in [0.1, 0.15) is 64.7 Å². The fourth-order valence-corrected chi connectivity index (χ4v) is 3.19. The van der Waals surface area contributed by atoms with Gasteiger partial charge in [0.1, 0.15) is 6.54 Å². The molecule has 0 radical (unpaired) electrons. The molecule has 0 spiro atoms. The number of amides is 3. The maximum absolute atomic E-state index is 11.8. The van der Waals surface area contributed by atoms with E-state index >= 15 is 0 Å². The van der Waals surface area contributed by atoms with Crippen molar-refractivity contribution in [3.05, 3.63) is 72.9 Å². The van der Waals surface area contributed by atoms with Crippen molar-refractivity contribution < 1.29 is 19.5 Å². The van der Waals surface area contributed by atoms with Crippen LogP contribution in [0.2, 0.25) is 0 Å². The van der Waals surface area contributed by atoms with Crippen molar-refractivity contribution in [2.45, 2.75) is 70.8 Å². The van der Waals surface area contributed by atoms with E-state index in [0.29, 0.717) is 6.42 Å². The summed E-state index contributed by atoms with van der Waals surface area (Å²) in [5.74, 6) is -1.15. The van der Waals surface area contributed by atoms with Crippen LogP contribution in [-0.4, -0.2) is 46.9 Å². The summed E-state index contributed by atoms with van der Waals surface area (Å²) >= 11 is 0. The molecule has 2 N–H and O–H groups in total. The molecule has 0 aromatic carbocycles. The van der Waals surface area contributed by atoms with Crippen LogP contribution in [0.15, 0.2) is 72.9 Å². The fourth-order valence-electron chi connectivity index (χ4n) is 3.19. The topological polar surface area (TPSA) is 86.7 Å². The first-order valence-corrected chi connectivity index (χ1v) is 12.2. The van der Waals surface area contributed by atoms with E-state index in [0.717, 1.165) is 38.5 Å². The van der Waals surface area contributed by atoms with Gasteiger partial charge in [0.25, 0.3) is 0 Å². The molecule has 6 nitrogen and oxygen atoms in total. The first-order valence-electron chi connectivity index (χ1n) is 12.2. The van der Waals surface area contributed by atoms with Crippen LogP contribution in [-0.2, 0) is 14.4 Å². The highest BCUT2D eigenvalue weighted by Gasteiger charge is 2.29. The summed E-state index contributed by atoms with van der Waals surface area (Å²) in [6.07, 6.45) is 31.3. The maximum Gasteiger partial charge on any atom is 0.246 e. The normalized spacial score (nSPS) is 17.2. The van der Waals surface area contributed by atoms with E-state index in [1.165, 1.54) is 4.90 Å². The third-order valence-electron chi connectivity index (χ3n) is 4.94. The Labute approximate surface area is 204 Å². The molecule has 6 heteroatoms. The Balaban J connectivity index is 2.01. The van der Waals surface area contributed by atoms with Crippen molar-refractivity contribution in [1.82, 2.24) is 10.2 Å². The summed E-state index contributed by atoms with van der Waals surface area (Å²) in [6.45, 7) is 2.08. The minimum Gasteiger partial charge on any atom is -0.391 e. The number of β-amino-alcohol motifs (C(OH)–C–C–N with tert-alkyl or cyclic N) is 1. The lowest BCUT2D eigenvalue weighted by Gasteiger charge is -2.14. The van der Waals surface area contributed by atoms with Crippen LogP contribution in [0.5, 0.6) is 0 Å². The van der Waals surface area contributed by atoms with E-state index in [1.54, 1.807) is 0 Å². The number of allylic oxidation sites excluding steroid dienone is 12. The number of hydrogen-bond acceptors (Lipinski definition) is 4. The number of hydrogen-bond donors (Lipinski definition) is 2. The molecule has 1 heterocycles. The molecule has 0 aromatic heterocycles. The van der Waals surface area contributed by atoms with Crippen molar-refractivity contribution in [2.24, 2.45) is 0 Å². The van der Waals surface area contributed by atoms with Crippen molar-refractivity contribution in [3.8, 4) is 0 Å². The highest BCUT2D eigenvalue weighted by molar-refractivity contribution is 5.97. The summed E-state index contributed by atoms with van der Waals surface area (Å²) in [7, 11) is 0. The predicted molar refractivity (Wildman–Crippen MR) is 138 cm³/mol. The molecule has 1 aliphatic rings. The van der Waals surface area contributed by atoms with Gasteiger partial charge in [-0.05, 0) is 44.9 Å². The van der Waals surface area contributed by atoms with E-state index in [-0.39, 0.29) is 37.7 Å². The van der Waals surface area contributed by atoms with Gasteiger partial charge in [0.2, 0.25) is 17.7 Å². The number of nitrogens with zero attached hydrogens (tertiary/aromatic N) is 1. The second-order valence-electron chi connectivity index (χ2n) is 8.06. The molecule has 1 saturated heterocycles. The highest BCUT2D eigenvalue weighted by atomic mass is 16.3. The molecule has 1 unspecified atom stereocenters. The molecule has 186 valence electrons. The van der Waals surface area contributed by atoms with Gasteiger partial charge < -0.3 is 10.0 Å². The molecule has 1 atom stereocenters. The molecule has 34 heavy (non-hydrogen) atoms. The van der Waals surface area contributed by atoms with E-state index in [1.807, 2.05) is 12.2 Å². The minimum atomic E-state index is -0.732. The largest absolute Gasteiger partial charge is 0.391 e. The van der Waals surface area contributed by atoms with Gasteiger partial charge in [0, 0.05) is 13.0 Å². The Morgan fingerprint density at radius 3 is 1.74 bits per heavy atom. The van der Waals surface area contributed by atoms with Gasteiger partial charge in [-0.25, -0.2) is 0 Å². The third-order valence-corrected chi connectivity index (χ3v) is 4.94. The number of carbonyl (C=O) groups excluding carboxylic acids is 3. The number of aliphatic hydroxyl groups excluding tert-OH is 1. The molecule has 1 fully saturated rings. The average molecular weight is 469 g/mol. The number of likely N-dealkylation sites (tertiary alicyclic amines) is 1. The van der Waals surface area contributed by atoms with E-state index in [4.69, 9.17) is 0 Å². The Hall–Kier alpha value is -2.99. The smallest absolute Gasteiger partial charge is 0.246 e. The Kier molecular flexibility index (Phi) is 16.6. The molecule has 1 rings (SSSR count). The fraction of sp³-hybridized carbons (Fsp3) is 0.464. The highest BCUT2D eigenvalue weighted by Crippen LogP contribution is 2.09. The maximum atomic E-state index is 11.8. The van der Waals surface area contributed by atoms with Gasteiger partial charge in [-0.2, -0.15) is 0 Å². The van der Waals surface area contributed by atoms with E-state index < -0.39 is 12.0 Å². The van der Waals surface area contributed by atoms with Crippen molar-refractivity contribution in [2.75, 3.05) is 13.1 Å². The lowest BCUT2D eigenvalue weighted by atomic mass is 10.2. The summed E-state index contributed by atoms with van der Waals surface area (Å²) in [5, 5.41) is 11.7. The van der Waals surface area contributed by atoms with Crippen LogP contribution in [0.4, 0.5) is 0 Å². The zero-order valence-corrected chi connectivity index (χ0v) is 20.4. The van der Waals surface area contributed by atoms with Crippen LogP contribution in [0, 0.1) is 0 Å². The van der Waals surface area contributed by atoms with Crippen molar-refractivity contribution in [3.63, 3.8) is 0 Å². The molecular formula is C28H40N2O4. The van der Waals surface area contributed by atoms with Gasteiger partial charge in [0.15, 0.2) is 0 Å². The van der Waals surface area contributed by atoms with Gasteiger partial charge >= 0.3 is 0 Å². The van der Waals surface area contributed by atoms with Gasteiger partial charge in [-0.3, -0.25) is 19.7 Å². The standard InChI is InChI=1S/C28H40N2O4/c1-2-3-4-5-6-7-8-9-10-11-12-13-14-15-16-17-18-19-20-21-26(32)29-27(33)24-30-23-25(31)22-28(30)34/h3-4,6-7,9-10,12-13,15-16,18-19,25,31H,2,5,8,11,14,17,20-24H2,1H3,(H,29,32,33). The van der Waals surface area contributed by atoms with Crippen LogP contribution < -0.4 is 5.32 Å². The summed E-state index contributed by atoms with van der Waals surface area (Å²) in [6, 6.07) is 0. The number of imide groups is 1. The predicted octanol–water partition coefficient (Wildman–Crippen LogP) is 4.70. The zero-order chi connectivity index (χ0) is 24.9. The SMILES string of the molecule is CCC=CCC=CCC=CCC=CCC=CCC=CCCC(=O)NC(=O)CN1CC(O)CC1=O. The second-order valence-corrected chi connectivity index (χ2v) is 8.06. The molecule has 0 bridgehead atoms. The lowest BCUT2D eigenvalue weighted by Crippen LogP contribution is -2.40. The monoisotopic (exact) mass is 468 g/mol. The van der Waals surface area contributed by atoms with Crippen molar-refractivity contribution >= 4 is 17.7 Å². The summed E-state index contributed by atoms with van der Waals surface area (Å²) < 4.78 is 0. The molecular weight excluding hydrogens is 428 g/mol. The third kappa shape index (κ3) is 15.8. The Morgan fingerprint density at radius 2 is 1.29 bits per heavy atom. The Bertz CT molecular complexity index is 790. The first-order chi connectivity index (χ1) is 16.5. The van der Waals surface area contributed by atoms with Crippen LogP contribution >= 0.6 is 0 Å². The quantitative estimate of drug-likeness (QED) is 0.322. The second kappa shape index (κ2) is 19.5. The molecule has 0 aliphatic carbocycles. The van der Waals surface area contributed by atoms with Gasteiger partial charge in [-0.1, -0.05) is 79.8 Å². The minimum absolute atomic E-state index is 0.0317. The van der Waals surface area contributed by atoms with Crippen LogP contribution in [0.25, 0.3) is 0 Å². The first kappa shape index (κ1) is 29.0. The lowest BCUT2D eigenvalue weighted by molar-refractivity contribution is -0.136. The number of nitrogens with one attached hydrogen (secondary N) is 1. The van der Waals surface area contributed by atoms with Crippen LogP contribution in [0.3, 0.4) is 0 Å². The summed E-state index contributed by atoms with van der Waals surface area (Å²) in [4.78, 5) is 36.4. The molecule has 0 saturated carbocycles. The van der Waals surface area contributed by atoms with Gasteiger partial charge in [0.05, 0.1) is 12.5 Å². The Morgan fingerprint density at radius 1 is 0.824 bits per heavy atom. The number of aliphatic hydroxyl groups is 1. The van der Waals surface area contributed by atoms with Gasteiger partial charge in [-0.15, -0.1) is 0 Å². The van der Waals surface area contributed by atoms with Crippen molar-refractivity contribution in [1.29, 1.82) is 0 Å². The number of carbonyl (C=O) groups is 3. The zero-order valence-electron chi connectivity index (χ0n) is 20.4. The molecule has 0 aromatic rings. The molecule has 1 aliphatic heterocycles. The van der Waals surface area contributed by atoms with E-state index in [9.17, 15) is 19.5 Å².